The van der Waals surface area contributed by atoms with Crippen molar-refractivity contribution in [3.05, 3.63) is 70.0 Å². The molecule has 0 heterocycles. The van der Waals surface area contributed by atoms with Gasteiger partial charge in [0.1, 0.15) is 5.82 Å². The molecule has 0 fully saturated rings. The molecule has 0 saturated carbocycles. The van der Waals surface area contributed by atoms with Gasteiger partial charge in [0.05, 0.1) is 9.85 Å². The number of alkyl halides is 1. The fraction of sp³-hybridized carbons (Fsp3) is 0.250. The molecule has 1 unspecified atom stereocenters. The minimum absolute atomic E-state index is 0.0273. The van der Waals surface area contributed by atoms with Gasteiger partial charge in [-0.3, -0.25) is 0 Å². The quantitative estimate of drug-likeness (QED) is 0.593. The fourth-order valence-corrected chi connectivity index (χ4v) is 2.62. The molecule has 0 N–H and O–H groups in total. The van der Waals surface area contributed by atoms with Crippen molar-refractivity contribution in [1.82, 2.24) is 0 Å². The monoisotopic (exact) mass is 340 g/mol. The van der Waals surface area contributed by atoms with Gasteiger partial charge in [-0.05, 0) is 34.7 Å². The highest BCUT2D eigenvalue weighted by atomic mass is 79.9. The van der Waals surface area contributed by atoms with Crippen LogP contribution in [0.4, 0.5) is 4.39 Å². The Morgan fingerprint density at radius 2 is 1.47 bits per heavy atom. The fourth-order valence-electron chi connectivity index (χ4n) is 1.91. The first-order valence-corrected chi connectivity index (χ1v) is 7.47. The second-order valence-electron chi connectivity index (χ2n) is 4.86. The first kappa shape index (κ1) is 14.5. The molecular weight excluding hydrogens is 327 g/mol. The topological polar surface area (TPSA) is 0 Å². The van der Waals surface area contributed by atoms with Gasteiger partial charge >= 0.3 is 0 Å². The molecular formula is C16H15BrClF. The van der Waals surface area contributed by atoms with Gasteiger partial charge < -0.3 is 0 Å². The van der Waals surface area contributed by atoms with Crippen LogP contribution in [0.15, 0.2) is 42.5 Å². The largest absolute Gasteiger partial charge is 0.205 e. The number of hydrogen-bond donors (Lipinski definition) is 0. The smallest absolute Gasteiger partial charge is 0.142 e. The van der Waals surface area contributed by atoms with E-state index in [9.17, 15) is 4.39 Å². The van der Waals surface area contributed by atoms with E-state index < -0.39 is 0 Å². The lowest BCUT2D eigenvalue weighted by molar-refractivity contribution is 0.626. The van der Waals surface area contributed by atoms with Crippen LogP contribution >= 0.6 is 27.5 Å². The molecule has 0 aliphatic heterocycles. The normalized spacial score (nSPS) is 12.7. The zero-order chi connectivity index (χ0) is 14.0. The summed E-state index contributed by atoms with van der Waals surface area (Å²) in [4.78, 5) is -0.0273. The summed E-state index contributed by atoms with van der Waals surface area (Å²) < 4.78 is 13.5. The predicted octanol–water partition coefficient (Wildman–Crippen LogP) is 6.09. The summed E-state index contributed by atoms with van der Waals surface area (Å²) in [6.45, 7) is 4.32. The van der Waals surface area contributed by atoms with Crippen LogP contribution in [0.25, 0.3) is 0 Å². The molecule has 3 heteroatoms. The molecule has 0 aliphatic rings. The molecule has 0 amide bonds. The van der Waals surface area contributed by atoms with Crippen LogP contribution in [0.1, 0.15) is 41.3 Å². The highest BCUT2D eigenvalue weighted by Gasteiger charge is 2.12. The van der Waals surface area contributed by atoms with Crippen molar-refractivity contribution >= 4 is 27.5 Å². The third-order valence-corrected chi connectivity index (χ3v) is 4.50. The molecule has 0 spiro atoms. The third-order valence-electron chi connectivity index (χ3n) is 3.13. The minimum Gasteiger partial charge on any atom is -0.205 e. The summed E-state index contributed by atoms with van der Waals surface area (Å²) in [6.07, 6.45) is 0. The molecule has 0 nitrogen and oxygen atoms in total. The molecule has 100 valence electrons. The van der Waals surface area contributed by atoms with E-state index in [1.165, 1.54) is 11.6 Å². The van der Waals surface area contributed by atoms with E-state index >= 15 is 0 Å². The Kier molecular flexibility index (Phi) is 4.64. The van der Waals surface area contributed by atoms with Crippen molar-refractivity contribution < 1.29 is 4.39 Å². The standard InChI is InChI=1S/C16H15BrClF/c1-10(2)11-3-5-12(6-4-11)16(17)13-7-8-14(18)15(19)9-13/h3-10,16H,1-2H3. The number of halogens is 3. The van der Waals surface area contributed by atoms with Gasteiger partial charge in [-0.25, -0.2) is 4.39 Å². The van der Waals surface area contributed by atoms with E-state index in [0.717, 1.165) is 11.1 Å². The van der Waals surface area contributed by atoms with Gasteiger partial charge in [0.25, 0.3) is 0 Å². The van der Waals surface area contributed by atoms with Crippen LogP contribution in [-0.2, 0) is 0 Å². The zero-order valence-corrected chi connectivity index (χ0v) is 13.2. The maximum Gasteiger partial charge on any atom is 0.142 e. The van der Waals surface area contributed by atoms with E-state index in [1.807, 2.05) is 6.07 Å². The van der Waals surface area contributed by atoms with Crippen molar-refractivity contribution in [3.63, 3.8) is 0 Å². The molecule has 19 heavy (non-hydrogen) atoms. The minimum atomic E-state index is -0.387. The maximum atomic E-state index is 13.5. The predicted molar refractivity (Wildman–Crippen MR) is 82.7 cm³/mol. The Balaban J connectivity index is 2.27. The van der Waals surface area contributed by atoms with Gasteiger partial charge in [-0.1, -0.05) is 71.7 Å². The molecule has 0 bridgehead atoms. The molecule has 2 aromatic rings. The van der Waals surface area contributed by atoms with Gasteiger partial charge in [0.2, 0.25) is 0 Å². The lowest BCUT2D eigenvalue weighted by Crippen LogP contribution is -1.95. The Bertz CT molecular complexity index is 563. The SMILES string of the molecule is CC(C)c1ccc(C(Br)c2ccc(Cl)c(F)c2)cc1. The van der Waals surface area contributed by atoms with E-state index in [2.05, 4.69) is 54.0 Å². The van der Waals surface area contributed by atoms with Gasteiger partial charge in [-0.2, -0.15) is 0 Å². The Labute approximate surface area is 126 Å². The summed E-state index contributed by atoms with van der Waals surface area (Å²) in [6, 6.07) is 13.3. The molecule has 0 radical (unpaired) electrons. The molecule has 2 aromatic carbocycles. The van der Waals surface area contributed by atoms with Crippen molar-refractivity contribution in [2.45, 2.75) is 24.6 Å². The van der Waals surface area contributed by atoms with Crippen molar-refractivity contribution in [3.8, 4) is 0 Å². The van der Waals surface area contributed by atoms with Crippen LogP contribution in [0.5, 0.6) is 0 Å². The van der Waals surface area contributed by atoms with Crippen molar-refractivity contribution in [2.24, 2.45) is 0 Å². The van der Waals surface area contributed by atoms with E-state index in [1.54, 1.807) is 6.07 Å². The Morgan fingerprint density at radius 1 is 0.947 bits per heavy atom. The van der Waals surface area contributed by atoms with E-state index in [4.69, 9.17) is 11.6 Å². The summed E-state index contributed by atoms with van der Waals surface area (Å²) >= 11 is 9.30. The lowest BCUT2D eigenvalue weighted by Gasteiger charge is -2.13. The third kappa shape index (κ3) is 3.37. The van der Waals surface area contributed by atoms with E-state index in [-0.39, 0.29) is 15.7 Å². The second-order valence-corrected chi connectivity index (χ2v) is 6.18. The van der Waals surface area contributed by atoms with Crippen molar-refractivity contribution in [2.75, 3.05) is 0 Å². The van der Waals surface area contributed by atoms with Crippen molar-refractivity contribution in [1.29, 1.82) is 0 Å². The molecule has 2 rings (SSSR count). The molecule has 1 atom stereocenters. The van der Waals surface area contributed by atoms with Gasteiger partial charge in [0, 0.05) is 0 Å². The average molecular weight is 342 g/mol. The Hall–Kier alpha value is -0.860. The van der Waals surface area contributed by atoms with Crippen LogP contribution in [-0.4, -0.2) is 0 Å². The molecule has 0 aromatic heterocycles. The molecule has 0 saturated heterocycles. The highest BCUT2D eigenvalue weighted by Crippen LogP contribution is 2.33. The lowest BCUT2D eigenvalue weighted by atomic mass is 9.99. The van der Waals surface area contributed by atoms with Crippen LogP contribution < -0.4 is 0 Å². The number of rotatable bonds is 3. The highest BCUT2D eigenvalue weighted by molar-refractivity contribution is 9.09. The number of benzene rings is 2. The Morgan fingerprint density at radius 3 is 2.00 bits per heavy atom. The molecule has 0 aliphatic carbocycles. The van der Waals surface area contributed by atoms with Gasteiger partial charge in [-0.15, -0.1) is 0 Å². The summed E-state index contributed by atoms with van der Waals surface area (Å²) in [5.74, 6) is 0.123. The zero-order valence-electron chi connectivity index (χ0n) is 10.8. The van der Waals surface area contributed by atoms with E-state index in [0.29, 0.717) is 5.92 Å². The van der Waals surface area contributed by atoms with Gasteiger partial charge in [0.15, 0.2) is 0 Å². The maximum absolute atomic E-state index is 13.5. The van der Waals surface area contributed by atoms with Crippen LogP contribution in [0.3, 0.4) is 0 Å². The first-order chi connectivity index (χ1) is 8.99. The average Bonchev–Trinajstić information content (AvgIpc) is 2.41. The summed E-state index contributed by atoms with van der Waals surface area (Å²) in [5.41, 5.74) is 3.26. The summed E-state index contributed by atoms with van der Waals surface area (Å²) in [5, 5.41) is 0.151. The van der Waals surface area contributed by atoms with Crippen LogP contribution in [0.2, 0.25) is 5.02 Å². The summed E-state index contributed by atoms with van der Waals surface area (Å²) in [7, 11) is 0. The number of hydrogen-bond acceptors (Lipinski definition) is 0. The second kappa shape index (κ2) is 6.06. The van der Waals surface area contributed by atoms with Crippen LogP contribution in [0, 0.1) is 5.82 Å². The first-order valence-electron chi connectivity index (χ1n) is 6.18.